The average molecular weight is 158 g/mol. The summed E-state index contributed by atoms with van der Waals surface area (Å²) in [4.78, 5) is 10.7. The van der Waals surface area contributed by atoms with Gasteiger partial charge in [-0.05, 0) is 25.8 Å². The minimum absolute atomic E-state index is 0.0570. The highest BCUT2D eigenvalue weighted by Gasteiger charge is 2.10. The molecule has 0 aliphatic carbocycles. The number of hydrogen-bond donors (Lipinski definition) is 2. The van der Waals surface area contributed by atoms with Crippen LogP contribution in [0.15, 0.2) is 0 Å². The molecule has 0 saturated carbocycles. The number of hydrogen-bond acceptors (Lipinski definition) is 2. The highest BCUT2D eigenvalue weighted by atomic mass is 16.1. The maximum Gasteiger partial charge on any atom is 0.220 e. The molecule has 0 aromatic carbocycles. The van der Waals surface area contributed by atoms with Crippen LogP contribution in [0.2, 0.25) is 0 Å². The van der Waals surface area contributed by atoms with Crippen LogP contribution in [0.5, 0.6) is 0 Å². The largest absolute Gasteiger partial charge is 0.369 e. The first-order chi connectivity index (χ1) is 5.22. The van der Waals surface area contributed by atoms with Crippen LogP contribution in [0.3, 0.4) is 0 Å². The van der Waals surface area contributed by atoms with Crippen molar-refractivity contribution in [3.63, 3.8) is 0 Å². The van der Waals surface area contributed by atoms with Gasteiger partial charge in [0.25, 0.3) is 0 Å². The fourth-order valence-corrected chi connectivity index (χ4v) is 1.08. The fraction of sp³-hybridized carbons (Fsp3) is 0.875. The summed E-state index contributed by atoms with van der Waals surface area (Å²) in [6.07, 6.45) is 3.74. The van der Waals surface area contributed by atoms with Crippen molar-refractivity contribution in [1.82, 2.24) is 0 Å². The predicted molar refractivity (Wildman–Crippen MR) is 45.9 cm³/mol. The molecule has 0 saturated heterocycles. The lowest BCUT2D eigenvalue weighted by Crippen LogP contribution is -2.22. The van der Waals surface area contributed by atoms with Crippen molar-refractivity contribution in [3.05, 3.63) is 0 Å². The van der Waals surface area contributed by atoms with Crippen LogP contribution < -0.4 is 11.5 Å². The zero-order chi connectivity index (χ0) is 8.69. The number of carbonyl (C=O) groups excluding carboxylic acids is 1. The third-order valence-corrected chi connectivity index (χ3v) is 1.90. The Labute approximate surface area is 68.1 Å². The van der Waals surface area contributed by atoms with Gasteiger partial charge in [-0.1, -0.05) is 13.3 Å². The normalized spacial score (nSPS) is 12.9. The lowest BCUT2D eigenvalue weighted by atomic mass is 9.99. The van der Waals surface area contributed by atoms with Crippen LogP contribution in [-0.4, -0.2) is 12.5 Å². The monoisotopic (exact) mass is 158 g/mol. The molecular formula is C8H18N2O. The summed E-state index contributed by atoms with van der Waals surface area (Å²) in [5, 5.41) is 0. The predicted octanol–water partition coefficient (Wildman–Crippen LogP) is 0.627. The molecule has 4 N–H and O–H groups in total. The first-order valence-electron chi connectivity index (χ1n) is 4.21. The lowest BCUT2D eigenvalue weighted by molar-refractivity contribution is -0.122. The van der Waals surface area contributed by atoms with Crippen LogP contribution in [0, 0.1) is 5.92 Å². The van der Waals surface area contributed by atoms with Gasteiger partial charge < -0.3 is 11.5 Å². The molecule has 0 fully saturated rings. The van der Waals surface area contributed by atoms with Gasteiger partial charge in [-0.2, -0.15) is 0 Å². The third kappa shape index (κ3) is 4.79. The van der Waals surface area contributed by atoms with Gasteiger partial charge in [-0.3, -0.25) is 4.79 Å². The van der Waals surface area contributed by atoms with Crippen molar-refractivity contribution in [1.29, 1.82) is 0 Å². The lowest BCUT2D eigenvalue weighted by Gasteiger charge is -2.08. The van der Waals surface area contributed by atoms with E-state index in [0.29, 0.717) is 6.54 Å². The summed E-state index contributed by atoms with van der Waals surface area (Å²) in [7, 11) is 0. The third-order valence-electron chi connectivity index (χ3n) is 1.90. The standard InChI is InChI=1S/C8H18N2O/c1-2-7(8(10)11)5-3-4-6-9/h7H,2-6,9H2,1H3,(H2,10,11)/t7-/m0/s1. The molecule has 0 bridgehead atoms. The maximum atomic E-state index is 10.7. The van der Waals surface area contributed by atoms with Crippen LogP contribution in [0.25, 0.3) is 0 Å². The van der Waals surface area contributed by atoms with E-state index in [0.717, 1.165) is 25.7 Å². The van der Waals surface area contributed by atoms with Crippen molar-refractivity contribution in [3.8, 4) is 0 Å². The Bertz CT molecular complexity index is 115. The van der Waals surface area contributed by atoms with Crippen LogP contribution >= 0.6 is 0 Å². The Morgan fingerprint density at radius 1 is 1.45 bits per heavy atom. The van der Waals surface area contributed by atoms with E-state index in [2.05, 4.69) is 0 Å². The maximum absolute atomic E-state index is 10.7. The summed E-state index contributed by atoms with van der Waals surface area (Å²) in [6, 6.07) is 0. The molecule has 0 aromatic rings. The van der Waals surface area contributed by atoms with Gasteiger partial charge in [0.1, 0.15) is 0 Å². The molecule has 0 rings (SSSR count). The Morgan fingerprint density at radius 2 is 2.09 bits per heavy atom. The SMILES string of the molecule is CC[C@@H](CCCCN)C(N)=O. The van der Waals surface area contributed by atoms with E-state index >= 15 is 0 Å². The topological polar surface area (TPSA) is 69.1 Å². The molecule has 3 heteroatoms. The Kier molecular flexibility index (Phi) is 5.84. The minimum Gasteiger partial charge on any atom is -0.369 e. The Morgan fingerprint density at radius 3 is 2.45 bits per heavy atom. The second kappa shape index (κ2) is 6.16. The summed E-state index contributed by atoms with van der Waals surface area (Å²) < 4.78 is 0. The van der Waals surface area contributed by atoms with Crippen molar-refractivity contribution < 1.29 is 4.79 Å². The van der Waals surface area contributed by atoms with Crippen LogP contribution in [0.4, 0.5) is 0 Å². The first-order valence-corrected chi connectivity index (χ1v) is 4.21. The minimum atomic E-state index is -0.176. The zero-order valence-electron chi connectivity index (χ0n) is 7.18. The van der Waals surface area contributed by atoms with E-state index in [9.17, 15) is 4.79 Å². The van der Waals surface area contributed by atoms with E-state index in [1.54, 1.807) is 0 Å². The number of unbranched alkanes of at least 4 members (excludes halogenated alkanes) is 1. The Hall–Kier alpha value is -0.570. The smallest absolute Gasteiger partial charge is 0.220 e. The van der Waals surface area contributed by atoms with Gasteiger partial charge in [0, 0.05) is 5.92 Å². The van der Waals surface area contributed by atoms with Gasteiger partial charge in [0.2, 0.25) is 5.91 Å². The van der Waals surface area contributed by atoms with Crippen molar-refractivity contribution in [2.75, 3.05) is 6.54 Å². The van der Waals surface area contributed by atoms with E-state index in [1.165, 1.54) is 0 Å². The van der Waals surface area contributed by atoms with Crippen molar-refractivity contribution in [2.45, 2.75) is 32.6 Å². The second-order valence-corrected chi connectivity index (χ2v) is 2.79. The highest BCUT2D eigenvalue weighted by molar-refractivity contribution is 5.76. The molecule has 0 spiro atoms. The average Bonchev–Trinajstić information content (AvgIpc) is 1.97. The molecule has 66 valence electrons. The number of nitrogens with two attached hydrogens (primary N) is 2. The first kappa shape index (κ1) is 10.4. The van der Waals surface area contributed by atoms with Crippen LogP contribution in [-0.2, 0) is 4.79 Å². The molecule has 0 aliphatic rings. The molecule has 0 aromatic heterocycles. The molecule has 11 heavy (non-hydrogen) atoms. The van der Waals surface area contributed by atoms with Gasteiger partial charge >= 0.3 is 0 Å². The fourth-order valence-electron chi connectivity index (χ4n) is 1.08. The highest BCUT2D eigenvalue weighted by Crippen LogP contribution is 2.10. The molecule has 0 unspecified atom stereocenters. The quantitative estimate of drug-likeness (QED) is 0.556. The van der Waals surface area contributed by atoms with Gasteiger partial charge in [-0.25, -0.2) is 0 Å². The molecule has 1 atom stereocenters. The molecule has 0 heterocycles. The summed E-state index contributed by atoms with van der Waals surface area (Å²) >= 11 is 0. The number of rotatable bonds is 6. The van der Waals surface area contributed by atoms with Gasteiger partial charge in [0.05, 0.1) is 0 Å². The van der Waals surface area contributed by atoms with E-state index in [1.807, 2.05) is 6.92 Å². The van der Waals surface area contributed by atoms with Gasteiger partial charge in [-0.15, -0.1) is 0 Å². The van der Waals surface area contributed by atoms with Crippen LogP contribution in [0.1, 0.15) is 32.6 Å². The van der Waals surface area contributed by atoms with E-state index in [-0.39, 0.29) is 11.8 Å². The molecule has 1 amide bonds. The number of carbonyl (C=O) groups is 1. The molecule has 0 radical (unpaired) electrons. The Balaban J connectivity index is 3.44. The summed E-state index contributed by atoms with van der Waals surface area (Å²) in [5.41, 5.74) is 10.5. The second-order valence-electron chi connectivity index (χ2n) is 2.79. The zero-order valence-corrected chi connectivity index (χ0v) is 7.18. The van der Waals surface area contributed by atoms with E-state index in [4.69, 9.17) is 11.5 Å². The molecule has 0 aliphatic heterocycles. The molecular weight excluding hydrogens is 140 g/mol. The number of primary amides is 1. The van der Waals surface area contributed by atoms with Gasteiger partial charge in [0.15, 0.2) is 0 Å². The molecule has 3 nitrogen and oxygen atoms in total. The van der Waals surface area contributed by atoms with E-state index < -0.39 is 0 Å². The van der Waals surface area contributed by atoms with Crippen molar-refractivity contribution >= 4 is 5.91 Å². The summed E-state index contributed by atoms with van der Waals surface area (Å²) in [5.74, 6) is -0.119. The number of amides is 1. The van der Waals surface area contributed by atoms with Crippen molar-refractivity contribution in [2.24, 2.45) is 17.4 Å². The summed E-state index contributed by atoms with van der Waals surface area (Å²) in [6.45, 7) is 2.69.